The SMILES string of the molecule is COc1ccc(-c2nsc3c(N4CCN(C)CC4)ncnc23)cc1. The van der Waals surface area contributed by atoms with Gasteiger partial charge in [-0.05, 0) is 42.8 Å². The molecule has 1 aliphatic rings. The largest absolute Gasteiger partial charge is 0.497 e. The van der Waals surface area contributed by atoms with Gasteiger partial charge >= 0.3 is 0 Å². The number of methoxy groups -OCH3 is 1. The summed E-state index contributed by atoms with van der Waals surface area (Å²) in [5, 5.41) is 0. The molecule has 0 amide bonds. The second-order valence-electron chi connectivity index (χ2n) is 5.93. The van der Waals surface area contributed by atoms with E-state index in [0.29, 0.717) is 0 Å². The molecule has 2 aromatic heterocycles. The molecule has 0 spiro atoms. The first-order valence-corrected chi connectivity index (χ1v) is 8.72. The minimum atomic E-state index is 0.839. The number of likely N-dealkylation sites (N-methyl/N-ethyl adjacent to an activating group) is 1. The lowest BCUT2D eigenvalue weighted by Gasteiger charge is -2.33. The number of benzene rings is 1. The van der Waals surface area contributed by atoms with Gasteiger partial charge in [-0.2, -0.15) is 4.37 Å². The van der Waals surface area contributed by atoms with Gasteiger partial charge in [-0.3, -0.25) is 0 Å². The minimum absolute atomic E-state index is 0.839. The van der Waals surface area contributed by atoms with Crippen LogP contribution in [0.1, 0.15) is 0 Å². The van der Waals surface area contributed by atoms with E-state index in [1.54, 1.807) is 13.4 Å². The number of anilines is 1. The number of piperazine rings is 1. The molecule has 1 aliphatic heterocycles. The van der Waals surface area contributed by atoms with Crippen LogP contribution in [0, 0.1) is 0 Å². The van der Waals surface area contributed by atoms with Gasteiger partial charge in [-0.1, -0.05) is 0 Å². The van der Waals surface area contributed by atoms with Gasteiger partial charge in [-0.15, -0.1) is 0 Å². The van der Waals surface area contributed by atoms with Crippen LogP contribution in [0.3, 0.4) is 0 Å². The van der Waals surface area contributed by atoms with Crippen LogP contribution in [0.15, 0.2) is 30.6 Å². The molecule has 0 N–H and O–H groups in total. The molecule has 1 saturated heterocycles. The highest BCUT2D eigenvalue weighted by atomic mass is 32.1. The molecule has 0 atom stereocenters. The predicted molar refractivity (Wildman–Crippen MR) is 96.9 cm³/mol. The van der Waals surface area contributed by atoms with Crippen molar-refractivity contribution >= 4 is 27.6 Å². The van der Waals surface area contributed by atoms with Crippen molar-refractivity contribution in [1.29, 1.82) is 0 Å². The maximum atomic E-state index is 5.23. The van der Waals surface area contributed by atoms with E-state index in [4.69, 9.17) is 4.74 Å². The highest BCUT2D eigenvalue weighted by Crippen LogP contribution is 2.34. The summed E-state index contributed by atoms with van der Waals surface area (Å²) in [6.45, 7) is 4.07. The lowest BCUT2D eigenvalue weighted by atomic mass is 10.1. The fourth-order valence-electron chi connectivity index (χ4n) is 2.93. The maximum absolute atomic E-state index is 5.23. The Morgan fingerprint density at radius 2 is 1.79 bits per heavy atom. The molecule has 3 heterocycles. The van der Waals surface area contributed by atoms with Crippen LogP contribution in [0.4, 0.5) is 5.82 Å². The van der Waals surface area contributed by atoms with Gasteiger partial charge in [0.05, 0.1) is 7.11 Å². The third kappa shape index (κ3) is 2.70. The predicted octanol–water partition coefficient (Wildman–Crippen LogP) is 2.51. The maximum Gasteiger partial charge on any atom is 0.151 e. The fourth-order valence-corrected chi connectivity index (χ4v) is 3.81. The van der Waals surface area contributed by atoms with Gasteiger partial charge < -0.3 is 14.5 Å². The lowest BCUT2D eigenvalue weighted by Crippen LogP contribution is -2.44. The first-order chi connectivity index (χ1) is 11.8. The van der Waals surface area contributed by atoms with E-state index < -0.39 is 0 Å². The molecule has 1 aromatic carbocycles. The van der Waals surface area contributed by atoms with Gasteiger partial charge in [0, 0.05) is 31.7 Å². The van der Waals surface area contributed by atoms with Crippen LogP contribution in [-0.2, 0) is 0 Å². The highest BCUT2D eigenvalue weighted by Gasteiger charge is 2.21. The smallest absolute Gasteiger partial charge is 0.151 e. The monoisotopic (exact) mass is 341 g/mol. The summed E-state index contributed by atoms with van der Waals surface area (Å²) in [6.07, 6.45) is 1.65. The molecule has 124 valence electrons. The van der Waals surface area contributed by atoms with Crippen molar-refractivity contribution in [3.05, 3.63) is 30.6 Å². The van der Waals surface area contributed by atoms with Crippen LogP contribution < -0.4 is 9.64 Å². The molecule has 0 saturated carbocycles. The highest BCUT2D eigenvalue weighted by molar-refractivity contribution is 7.14. The Labute approximate surface area is 144 Å². The summed E-state index contributed by atoms with van der Waals surface area (Å²) >= 11 is 1.48. The Kier molecular flexibility index (Phi) is 4.03. The number of rotatable bonds is 3. The Morgan fingerprint density at radius 3 is 2.50 bits per heavy atom. The van der Waals surface area contributed by atoms with E-state index in [9.17, 15) is 0 Å². The van der Waals surface area contributed by atoms with Crippen molar-refractivity contribution in [2.45, 2.75) is 0 Å². The standard InChI is InChI=1S/C17H19N5OS/c1-21-7-9-22(10-8-21)17-16-15(18-11-19-17)14(20-24-16)12-3-5-13(23-2)6-4-12/h3-6,11H,7-10H2,1-2H3. The summed E-state index contributed by atoms with van der Waals surface area (Å²) in [7, 11) is 3.82. The first-order valence-electron chi connectivity index (χ1n) is 7.94. The molecule has 1 fully saturated rings. The molecular weight excluding hydrogens is 322 g/mol. The minimum Gasteiger partial charge on any atom is -0.497 e. The van der Waals surface area contributed by atoms with E-state index >= 15 is 0 Å². The number of aromatic nitrogens is 3. The van der Waals surface area contributed by atoms with Crippen molar-refractivity contribution in [3.63, 3.8) is 0 Å². The first kappa shape index (κ1) is 15.3. The van der Waals surface area contributed by atoms with E-state index in [1.807, 2.05) is 24.3 Å². The average Bonchev–Trinajstić information content (AvgIpc) is 3.07. The molecule has 0 bridgehead atoms. The molecule has 7 heteroatoms. The van der Waals surface area contributed by atoms with Crippen molar-refractivity contribution in [3.8, 4) is 17.0 Å². The fraction of sp³-hybridized carbons (Fsp3) is 0.353. The van der Waals surface area contributed by atoms with Crippen molar-refractivity contribution in [2.24, 2.45) is 0 Å². The van der Waals surface area contributed by atoms with Crippen molar-refractivity contribution < 1.29 is 4.74 Å². The summed E-state index contributed by atoms with van der Waals surface area (Å²) in [4.78, 5) is 13.7. The molecule has 0 radical (unpaired) electrons. The van der Waals surface area contributed by atoms with Crippen molar-refractivity contribution in [1.82, 2.24) is 19.2 Å². The summed E-state index contributed by atoms with van der Waals surface area (Å²) in [6, 6.07) is 7.93. The Hall–Kier alpha value is -2.25. The second-order valence-corrected chi connectivity index (χ2v) is 6.70. The Balaban J connectivity index is 1.73. The summed E-state index contributed by atoms with van der Waals surface area (Å²) in [5.41, 5.74) is 2.88. The number of nitrogens with zero attached hydrogens (tertiary/aromatic N) is 5. The van der Waals surface area contributed by atoms with E-state index in [0.717, 1.165) is 59.2 Å². The van der Waals surface area contributed by atoms with Crippen LogP contribution in [-0.4, -0.2) is 59.6 Å². The quantitative estimate of drug-likeness (QED) is 0.730. The van der Waals surface area contributed by atoms with Crippen LogP contribution in [0.2, 0.25) is 0 Å². The van der Waals surface area contributed by atoms with E-state index in [-0.39, 0.29) is 0 Å². The molecular formula is C17H19N5OS. The Morgan fingerprint density at radius 1 is 1.04 bits per heavy atom. The topological polar surface area (TPSA) is 54.4 Å². The van der Waals surface area contributed by atoms with E-state index in [1.165, 1.54) is 11.5 Å². The van der Waals surface area contributed by atoms with Gasteiger partial charge in [-0.25, -0.2) is 9.97 Å². The molecule has 24 heavy (non-hydrogen) atoms. The third-order valence-electron chi connectivity index (χ3n) is 4.40. The van der Waals surface area contributed by atoms with Crippen molar-refractivity contribution in [2.75, 3.05) is 45.2 Å². The molecule has 3 aromatic rings. The summed E-state index contributed by atoms with van der Waals surface area (Å²) < 4.78 is 10.9. The van der Waals surface area contributed by atoms with Gasteiger partial charge in [0.2, 0.25) is 0 Å². The molecule has 6 nitrogen and oxygen atoms in total. The number of ether oxygens (including phenoxy) is 1. The Bertz CT molecular complexity index is 840. The molecule has 0 unspecified atom stereocenters. The zero-order chi connectivity index (χ0) is 16.5. The second kappa shape index (κ2) is 6.33. The lowest BCUT2D eigenvalue weighted by molar-refractivity contribution is 0.312. The van der Waals surface area contributed by atoms with Gasteiger partial charge in [0.15, 0.2) is 5.82 Å². The number of hydrogen-bond donors (Lipinski definition) is 0. The van der Waals surface area contributed by atoms with Gasteiger partial charge in [0.1, 0.15) is 28.0 Å². The van der Waals surface area contributed by atoms with E-state index in [2.05, 4.69) is 31.2 Å². The van der Waals surface area contributed by atoms with Gasteiger partial charge in [0.25, 0.3) is 0 Å². The summed E-state index contributed by atoms with van der Waals surface area (Å²) in [5.74, 6) is 1.84. The zero-order valence-electron chi connectivity index (χ0n) is 13.8. The molecule has 4 rings (SSSR count). The van der Waals surface area contributed by atoms with Crippen LogP contribution in [0.5, 0.6) is 5.75 Å². The van der Waals surface area contributed by atoms with Crippen LogP contribution in [0.25, 0.3) is 21.5 Å². The molecule has 0 aliphatic carbocycles. The number of hydrogen-bond acceptors (Lipinski definition) is 7. The van der Waals surface area contributed by atoms with Crippen LogP contribution >= 0.6 is 11.5 Å². The normalized spacial score (nSPS) is 15.8. The third-order valence-corrected chi connectivity index (χ3v) is 5.24. The number of fused-ring (bicyclic) bond motifs is 1. The average molecular weight is 341 g/mol. The zero-order valence-corrected chi connectivity index (χ0v) is 14.6.